The summed E-state index contributed by atoms with van der Waals surface area (Å²) in [5.41, 5.74) is 2.32. The van der Waals surface area contributed by atoms with Crippen LogP contribution in [0.1, 0.15) is 73.1 Å². The quantitative estimate of drug-likeness (QED) is 0.133. The van der Waals surface area contributed by atoms with E-state index < -0.39 is 5.63 Å². The Kier molecular flexibility index (Phi) is 13.3. The van der Waals surface area contributed by atoms with Crippen LogP contribution in [0, 0.1) is 0 Å². The zero-order valence-corrected chi connectivity index (χ0v) is 22.6. The lowest BCUT2D eigenvalue weighted by atomic mass is 10.1. The Bertz CT molecular complexity index is 1110. The first-order valence-electron chi connectivity index (χ1n) is 13.0. The van der Waals surface area contributed by atoms with Gasteiger partial charge in [0.2, 0.25) is 5.75 Å². The highest BCUT2D eigenvalue weighted by Crippen LogP contribution is 2.37. The molecule has 196 valence electrons. The van der Waals surface area contributed by atoms with Gasteiger partial charge in [-0.2, -0.15) is 0 Å². The van der Waals surface area contributed by atoms with Gasteiger partial charge in [-0.25, -0.2) is 4.79 Å². The average molecular weight is 495 g/mol. The zero-order valence-electron chi connectivity index (χ0n) is 22.6. The zero-order chi connectivity index (χ0) is 26.2. The van der Waals surface area contributed by atoms with Gasteiger partial charge in [0.05, 0.1) is 18.6 Å². The van der Waals surface area contributed by atoms with Crippen molar-refractivity contribution in [3.63, 3.8) is 0 Å². The minimum Gasteiger partial charge on any atom is -0.489 e. The molecule has 0 radical (unpaired) electrons. The summed E-state index contributed by atoms with van der Waals surface area (Å²) in [6.07, 6.45) is 18.0. The van der Waals surface area contributed by atoms with Crippen LogP contribution in [0.15, 0.2) is 75.0 Å². The van der Waals surface area contributed by atoms with Gasteiger partial charge in [0, 0.05) is 0 Å². The van der Waals surface area contributed by atoms with Gasteiger partial charge < -0.3 is 18.6 Å². The van der Waals surface area contributed by atoms with E-state index in [0.717, 1.165) is 38.5 Å². The maximum absolute atomic E-state index is 13.0. The van der Waals surface area contributed by atoms with Crippen molar-refractivity contribution in [1.82, 2.24) is 0 Å². The highest BCUT2D eigenvalue weighted by Gasteiger charge is 2.20. The number of hydrogen-bond donors (Lipinski definition) is 0. The van der Waals surface area contributed by atoms with E-state index in [2.05, 4.69) is 65.0 Å². The molecule has 1 aromatic heterocycles. The summed E-state index contributed by atoms with van der Waals surface area (Å²) in [6, 6.07) is 5.55. The van der Waals surface area contributed by atoms with Crippen molar-refractivity contribution in [2.24, 2.45) is 0 Å². The molecule has 0 spiro atoms. The first-order chi connectivity index (χ1) is 17.5. The van der Waals surface area contributed by atoms with E-state index in [0.29, 0.717) is 35.7 Å². The van der Waals surface area contributed by atoms with Crippen LogP contribution in [0.2, 0.25) is 0 Å². The molecule has 0 aliphatic heterocycles. The molecule has 0 aliphatic rings. The molecular formula is C31H42O5. The Labute approximate surface area is 216 Å². The molecule has 1 heterocycles. The third-order valence-electron chi connectivity index (χ3n) is 5.44. The predicted octanol–water partition coefficient (Wildman–Crippen LogP) is 8.33. The van der Waals surface area contributed by atoms with E-state index in [-0.39, 0.29) is 12.4 Å². The van der Waals surface area contributed by atoms with E-state index >= 15 is 0 Å². The van der Waals surface area contributed by atoms with Gasteiger partial charge >= 0.3 is 5.63 Å². The largest absolute Gasteiger partial charge is 0.489 e. The van der Waals surface area contributed by atoms with E-state index in [9.17, 15) is 4.79 Å². The molecule has 1 aromatic carbocycles. The molecule has 2 aromatic rings. The number of allylic oxidation sites excluding steroid dienone is 5. The second kappa shape index (κ2) is 16.5. The second-order valence-electron chi connectivity index (χ2n) is 8.90. The highest BCUT2D eigenvalue weighted by molar-refractivity contribution is 5.89. The van der Waals surface area contributed by atoms with Crippen LogP contribution in [0.5, 0.6) is 17.2 Å². The summed E-state index contributed by atoms with van der Waals surface area (Å²) in [7, 11) is 0. The van der Waals surface area contributed by atoms with Crippen molar-refractivity contribution in [3.8, 4) is 17.2 Å². The molecule has 36 heavy (non-hydrogen) atoms. The maximum atomic E-state index is 13.0. The SMILES string of the molecule is CCC=CCCOc1c(OC/C=C(\C)CCC=C(C)C)c(=O)oc2c(OCCC=CCC)cccc12. The van der Waals surface area contributed by atoms with E-state index in [1.54, 1.807) is 0 Å². The summed E-state index contributed by atoms with van der Waals surface area (Å²) >= 11 is 0. The van der Waals surface area contributed by atoms with Crippen molar-refractivity contribution in [2.75, 3.05) is 19.8 Å². The van der Waals surface area contributed by atoms with Crippen LogP contribution >= 0.6 is 0 Å². The number of benzene rings is 1. The number of rotatable bonds is 16. The molecule has 0 saturated heterocycles. The third-order valence-corrected chi connectivity index (χ3v) is 5.44. The van der Waals surface area contributed by atoms with Crippen molar-refractivity contribution in [1.29, 1.82) is 0 Å². The van der Waals surface area contributed by atoms with Crippen molar-refractivity contribution in [3.05, 3.63) is 76.2 Å². The monoisotopic (exact) mass is 494 g/mol. The molecule has 0 aliphatic carbocycles. The third kappa shape index (κ3) is 9.80. The second-order valence-corrected chi connectivity index (χ2v) is 8.90. The number of ether oxygens (including phenoxy) is 3. The fraction of sp³-hybridized carbons (Fsp3) is 0.452. The van der Waals surface area contributed by atoms with Gasteiger partial charge in [-0.1, -0.05) is 61.4 Å². The Morgan fingerprint density at radius 1 is 0.833 bits per heavy atom. The van der Waals surface area contributed by atoms with Crippen LogP contribution in [0.25, 0.3) is 11.0 Å². The fourth-order valence-electron chi connectivity index (χ4n) is 3.53. The van der Waals surface area contributed by atoms with Gasteiger partial charge in [0.15, 0.2) is 17.1 Å². The number of para-hydroxylation sites is 1. The predicted molar refractivity (Wildman–Crippen MR) is 149 cm³/mol. The number of fused-ring (bicyclic) bond motifs is 1. The minimum atomic E-state index is -0.570. The molecule has 0 bridgehead atoms. The summed E-state index contributed by atoms with van der Waals surface area (Å²) in [6.45, 7) is 11.6. The Hall–Kier alpha value is -3.21. The molecule has 0 fully saturated rings. The smallest absolute Gasteiger partial charge is 0.383 e. The minimum absolute atomic E-state index is 0.0957. The lowest BCUT2D eigenvalue weighted by Crippen LogP contribution is -2.11. The van der Waals surface area contributed by atoms with Crippen molar-refractivity contribution in [2.45, 2.75) is 73.1 Å². The molecule has 0 unspecified atom stereocenters. The molecule has 2 rings (SSSR count). The van der Waals surface area contributed by atoms with Crippen LogP contribution in [0.3, 0.4) is 0 Å². The van der Waals surface area contributed by atoms with Crippen LogP contribution in [-0.2, 0) is 0 Å². The Morgan fingerprint density at radius 3 is 2.19 bits per heavy atom. The van der Waals surface area contributed by atoms with Crippen molar-refractivity contribution < 1.29 is 18.6 Å². The lowest BCUT2D eigenvalue weighted by Gasteiger charge is -2.14. The van der Waals surface area contributed by atoms with Gasteiger partial charge in [-0.05, 0) is 77.5 Å². The van der Waals surface area contributed by atoms with Gasteiger partial charge in [0.1, 0.15) is 6.61 Å². The average Bonchev–Trinajstić information content (AvgIpc) is 2.85. The van der Waals surface area contributed by atoms with E-state index in [4.69, 9.17) is 18.6 Å². The lowest BCUT2D eigenvalue weighted by molar-refractivity contribution is 0.277. The van der Waals surface area contributed by atoms with Crippen LogP contribution < -0.4 is 19.8 Å². The summed E-state index contributed by atoms with van der Waals surface area (Å²) in [4.78, 5) is 13.0. The van der Waals surface area contributed by atoms with Gasteiger partial charge in [0.25, 0.3) is 0 Å². The van der Waals surface area contributed by atoms with Crippen LogP contribution in [-0.4, -0.2) is 19.8 Å². The molecule has 0 saturated carbocycles. The molecule has 5 nitrogen and oxygen atoms in total. The van der Waals surface area contributed by atoms with Gasteiger partial charge in [-0.3, -0.25) is 0 Å². The number of hydrogen-bond acceptors (Lipinski definition) is 5. The molecular weight excluding hydrogens is 452 g/mol. The summed E-state index contributed by atoms with van der Waals surface area (Å²) in [5, 5.41) is 0.662. The Morgan fingerprint density at radius 2 is 1.53 bits per heavy atom. The van der Waals surface area contributed by atoms with E-state index in [1.165, 1.54) is 11.1 Å². The molecule has 0 atom stereocenters. The first kappa shape index (κ1) is 29.0. The van der Waals surface area contributed by atoms with Crippen LogP contribution in [0.4, 0.5) is 0 Å². The van der Waals surface area contributed by atoms with Crippen molar-refractivity contribution >= 4 is 11.0 Å². The first-order valence-corrected chi connectivity index (χ1v) is 13.0. The van der Waals surface area contributed by atoms with Gasteiger partial charge in [-0.15, -0.1) is 0 Å². The normalized spacial score (nSPS) is 12.0. The maximum Gasteiger partial charge on any atom is 0.383 e. The highest BCUT2D eigenvalue weighted by atomic mass is 16.5. The molecule has 0 N–H and O–H groups in total. The molecule has 5 heteroatoms. The van der Waals surface area contributed by atoms with E-state index in [1.807, 2.05) is 24.3 Å². The standard InChI is InChI=1S/C31H42O5/c1-6-8-10-12-21-33-27-19-15-18-26-28(27)36-31(32)30(29(26)34-22-13-11-9-7-2)35-23-20-25(5)17-14-16-24(3)4/h8-11,15-16,18-20H,6-7,12-14,17,21-23H2,1-5H3/b10-8?,11-9?,25-20+. The Balaban J connectivity index is 2.29. The fourth-order valence-corrected chi connectivity index (χ4v) is 3.53. The topological polar surface area (TPSA) is 57.9 Å². The summed E-state index contributed by atoms with van der Waals surface area (Å²) in [5.74, 6) is 1.02. The summed E-state index contributed by atoms with van der Waals surface area (Å²) < 4.78 is 23.7. The molecule has 0 amide bonds.